The Bertz CT molecular complexity index is 616. The molecule has 1 aromatic carbocycles. The van der Waals surface area contributed by atoms with Crippen molar-refractivity contribution >= 4 is 17.5 Å². The summed E-state index contributed by atoms with van der Waals surface area (Å²) in [5, 5.41) is 11.5. The third kappa shape index (κ3) is 2.02. The van der Waals surface area contributed by atoms with Crippen molar-refractivity contribution in [2.24, 2.45) is 0 Å². The summed E-state index contributed by atoms with van der Waals surface area (Å²) in [5.41, 5.74) is 0.222. The molecular formula is C13H9NO5. The minimum absolute atomic E-state index is 0.0360. The fraction of sp³-hybridized carbons (Fsp3) is 0.154. The van der Waals surface area contributed by atoms with Crippen molar-refractivity contribution in [3.8, 4) is 5.75 Å². The third-order valence-corrected chi connectivity index (χ3v) is 2.96. The minimum Gasteiger partial charge on any atom is -0.508 e. The van der Waals surface area contributed by atoms with E-state index >= 15 is 0 Å². The Kier molecular flexibility index (Phi) is 2.46. The number of rotatable bonds is 2. The molecule has 0 radical (unpaired) electrons. The fourth-order valence-corrected chi connectivity index (χ4v) is 1.88. The predicted molar refractivity (Wildman–Crippen MR) is 62.3 cm³/mol. The van der Waals surface area contributed by atoms with Crippen LogP contribution >= 0.6 is 0 Å². The van der Waals surface area contributed by atoms with Gasteiger partial charge in [-0.1, -0.05) is 0 Å². The first kappa shape index (κ1) is 11.6. The summed E-state index contributed by atoms with van der Waals surface area (Å²) in [6, 6.07) is 5.54. The lowest BCUT2D eigenvalue weighted by Gasteiger charge is -2.10. The zero-order valence-corrected chi connectivity index (χ0v) is 9.62. The summed E-state index contributed by atoms with van der Waals surface area (Å²) in [7, 11) is 0. The number of amides is 1. The second-order valence-electron chi connectivity index (χ2n) is 4.30. The van der Waals surface area contributed by atoms with E-state index in [0.29, 0.717) is 0 Å². The van der Waals surface area contributed by atoms with Gasteiger partial charge in [0.25, 0.3) is 5.91 Å². The highest BCUT2D eigenvalue weighted by Crippen LogP contribution is 2.30. The molecule has 19 heavy (non-hydrogen) atoms. The minimum atomic E-state index is -0.743. The van der Waals surface area contributed by atoms with Crippen LogP contribution in [0.1, 0.15) is 10.4 Å². The molecule has 1 aliphatic carbocycles. The lowest BCUT2D eigenvalue weighted by Crippen LogP contribution is -2.34. The maximum absolute atomic E-state index is 11.9. The van der Waals surface area contributed by atoms with Gasteiger partial charge < -0.3 is 15.2 Å². The molecule has 1 fully saturated rings. The van der Waals surface area contributed by atoms with Crippen molar-refractivity contribution in [3.63, 3.8) is 0 Å². The highest BCUT2D eigenvalue weighted by atomic mass is 16.6. The van der Waals surface area contributed by atoms with E-state index in [1.165, 1.54) is 24.3 Å². The van der Waals surface area contributed by atoms with Crippen molar-refractivity contribution in [2.75, 3.05) is 0 Å². The molecule has 0 aromatic heterocycles. The number of phenolic OH excluding ortho intramolecular Hbond substituents is 1. The van der Waals surface area contributed by atoms with Gasteiger partial charge in [-0.05, 0) is 24.3 Å². The Labute approximate surface area is 107 Å². The summed E-state index contributed by atoms with van der Waals surface area (Å²) >= 11 is 0. The number of Topliss-reactive ketones (excluding diaryl/α,β-unsaturated/α-hetero) is 1. The summed E-state index contributed by atoms with van der Waals surface area (Å²) in [6.45, 7) is 0. The number of benzene rings is 1. The highest BCUT2D eigenvalue weighted by Gasteiger charge is 2.53. The van der Waals surface area contributed by atoms with Crippen LogP contribution in [-0.2, 0) is 14.3 Å². The normalized spacial score (nSPS) is 24.5. The third-order valence-electron chi connectivity index (χ3n) is 2.96. The number of nitrogens with one attached hydrogen (secondary N) is 1. The standard InChI is InChI=1S/C13H9NO5/c15-7-3-1-6(2-4-7)13(18)14-8-5-9(16)11-12(19-11)10(8)17/h1-5,11-12,15H,(H,14,18)/t11-,12-/m0/s1. The van der Waals surface area contributed by atoms with Crippen molar-refractivity contribution in [1.29, 1.82) is 0 Å². The van der Waals surface area contributed by atoms with Crippen LogP contribution in [0.2, 0.25) is 0 Å². The number of fused-ring (bicyclic) bond motifs is 1. The number of hydrogen-bond acceptors (Lipinski definition) is 5. The van der Waals surface area contributed by atoms with Crippen LogP contribution in [0.3, 0.4) is 0 Å². The lowest BCUT2D eigenvalue weighted by atomic mass is 10.0. The molecule has 1 aliphatic heterocycles. The van der Waals surface area contributed by atoms with Gasteiger partial charge in [0.15, 0.2) is 18.0 Å². The number of ketones is 2. The summed E-state index contributed by atoms with van der Waals surface area (Å²) in [6.07, 6.45) is -0.316. The smallest absolute Gasteiger partial charge is 0.255 e. The van der Waals surface area contributed by atoms with Gasteiger partial charge in [-0.25, -0.2) is 0 Å². The quantitative estimate of drug-likeness (QED) is 0.724. The molecule has 1 aromatic rings. The average molecular weight is 259 g/mol. The van der Waals surface area contributed by atoms with Gasteiger partial charge in [-0.15, -0.1) is 0 Å². The molecule has 96 valence electrons. The Morgan fingerprint density at radius 2 is 1.84 bits per heavy atom. The molecule has 1 heterocycles. The van der Waals surface area contributed by atoms with Crippen LogP contribution in [-0.4, -0.2) is 34.8 Å². The van der Waals surface area contributed by atoms with Gasteiger partial charge in [-0.3, -0.25) is 14.4 Å². The van der Waals surface area contributed by atoms with Crippen LogP contribution in [0.5, 0.6) is 5.75 Å². The number of epoxide rings is 1. The molecule has 6 heteroatoms. The van der Waals surface area contributed by atoms with E-state index in [-0.39, 0.29) is 22.8 Å². The van der Waals surface area contributed by atoms with Gasteiger partial charge >= 0.3 is 0 Å². The molecule has 2 aliphatic rings. The maximum atomic E-state index is 11.9. The SMILES string of the molecule is O=C(NC1=CC(=O)[C@@H]2O[C@H]2C1=O)c1ccc(O)cc1. The molecule has 6 nitrogen and oxygen atoms in total. The number of phenols is 1. The Morgan fingerprint density at radius 1 is 1.16 bits per heavy atom. The average Bonchev–Trinajstić information content (AvgIpc) is 3.17. The zero-order valence-electron chi connectivity index (χ0n) is 9.62. The molecule has 0 spiro atoms. The van der Waals surface area contributed by atoms with Gasteiger partial charge in [-0.2, -0.15) is 0 Å². The van der Waals surface area contributed by atoms with Gasteiger partial charge in [0.2, 0.25) is 5.78 Å². The first-order chi connectivity index (χ1) is 9.06. The largest absolute Gasteiger partial charge is 0.508 e. The Balaban J connectivity index is 1.78. The molecular weight excluding hydrogens is 250 g/mol. The molecule has 1 saturated heterocycles. The molecule has 2 N–H and O–H groups in total. The van der Waals surface area contributed by atoms with Gasteiger partial charge in [0.05, 0.1) is 5.70 Å². The van der Waals surface area contributed by atoms with Gasteiger partial charge in [0, 0.05) is 11.6 Å². The molecule has 2 atom stereocenters. The van der Waals surface area contributed by atoms with Crippen molar-refractivity contribution in [2.45, 2.75) is 12.2 Å². The highest BCUT2D eigenvalue weighted by molar-refractivity contribution is 6.17. The molecule has 0 bridgehead atoms. The van der Waals surface area contributed by atoms with E-state index in [2.05, 4.69) is 5.32 Å². The van der Waals surface area contributed by atoms with Crippen LogP contribution in [0.15, 0.2) is 36.0 Å². The van der Waals surface area contributed by atoms with E-state index in [4.69, 9.17) is 9.84 Å². The molecule has 1 amide bonds. The van der Waals surface area contributed by atoms with Crippen molar-refractivity contribution in [3.05, 3.63) is 41.6 Å². The first-order valence-corrected chi connectivity index (χ1v) is 5.62. The van der Waals surface area contributed by atoms with Crippen LogP contribution in [0.4, 0.5) is 0 Å². The second-order valence-corrected chi connectivity index (χ2v) is 4.30. The molecule has 0 saturated carbocycles. The molecule has 3 rings (SSSR count). The second kappa shape index (κ2) is 4.03. The monoisotopic (exact) mass is 259 g/mol. The van der Waals surface area contributed by atoms with Crippen LogP contribution in [0, 0.1) is 0 Å². The molecule has 0 unspecified atom stereocenters. The van der Waals surface area contributed by atoms with Crippen molar-refractivity contribution in [1.82, 2.24) is 5.32 Å². The zero-order chi connectivity index (χ0) is 13.6. The number of aromatic hydroxyl groups is 1. The lowest BCUT2D eigenvalue weighted by molar-refractivity contribution is -0.119. The van der Waals surface area contributed by atoms with Gasteiger partial charge in [0.1, 0.15) is 5.75 Å². The summed E-state index contributed by atoms with van der Waals surface area (Å²) in [5.74, 6) is -1.19. The summed E-state index contributed by atoms with van der Waals surface area (Å²) < 4.78 is 4.90. The predicted octanol–water partition coefficient (Wildman–Crippen LogP) is -0.0749. The first-order valence-electron chi connectivity index (χ1n) is 5.62. The Hall–Kier alpha value is -2.47. The van der Waals surface area contributed by atoms with E-state index in [1.54, 1.807) is 0 Å². The van der Waals surface area contributed by atoms with E-state index in [0.717, 1.165) is 6.08 Å². The summed E-state index contributed by atoms with van der Waals surface area (Å²) in [4.78, 5) is 35.0. The Morgan fingerprint density at radius 3 is 2.53 bits per heavy atom. The van der Waals surface area contributed by atoms with Crippen molar-refractivity contribution < 1.29 is 24.2 Å². The fourth-order valence-electron chi connectivity index (χ4n) is 1.88. The number of ether oxygens (including phenoxy) is 1. The van der Waals surface area contributed by atoms with Crippen LogP contribution in [0.25, 0.3) is 0 Å². The van der Waals surface area contributed by atoms with Crippen LogP contribution < -0.4 is 5.32 Å². The van der Waals surface area contributed by atoms with E-state index in [9.17, 15) is 14.4 Å². The van der Waals surface area contributed by atoms with E-state index < -0.39 is 23.9 Å². The van der Waals surface area contributed by atoms with E-state index in [1.807, 2.05) is 0 Å². The maximum Gasteiger partial charge on any atom is 0.255 e. The topological polar surface area (TPSA) is 96.0 Å². The number of hydrogen-bond donors (Lipinski definition) is 2. The number of carbonyl (C=O) groups is 3. The number of carbonyl (C=O) groups excluding carboxylic acids is 3.